The Balaban J connectivity index is 1.82. The lowest BCUT2D eigenvalue weighted by Gasteiger charge is -2.40. The Kier molecular flexibility index (Phi) is 6.96. The van der Waals surface area contributed by atoms with Crippen molar-refractivity contribution in [2.45, 2.75) is 25.8 Å². The molecule has 7 heteroatoms. The Morgan fingerprint density at radius 3 is 2.00 bits per heavy atom. The van der Waals surface area contributed by atoms with E-state index in [-0.39, 0.29) is 18.4 Å². The Hall–Kier alpha value is -4.00. The van der Waals surface area contributed by atoms with Gasteiger partial charge in [0, 0.05) is 11.8 Å². The molecule has 1 aliphatic rings. The average molecular weight is 475 g/mol. The molecule has 7 nitrogen and oxygen atoms in total. The summed E-state index contributed by atoms with van der Waals surface area (Å²) in [5.74, 6) is 1.63. The number of amides is 2. The lowest BCUT2D eigenvalue weighted by Crippen LogP contribution is -2.56. The second-order valence-electron chi connectivity index (χ2n) is 8.65. The maximum absolute atomic E-state index is 14.1. The van der Waals surface area contributed by atoms with E-state index in [0.29, 0.717) is 34.5 Å². The van der Waals surface area contributed by atoms with Gasteiger partial charge in [-0.15, -0.1) is 0 Å². The third-order valence-corrected chi connectivity index (χ3v) is 6.27. The summed E-state index contributed by atoms with van der Waals surface area (Å²) in [6.07, 6.45) is 0. The zero-order valence-corrected chi connectivity index (χ0v) is 20.6. The number of benzene rings is 3. The summed E-state index contributed by atoms with van der Waals surface area (Å²) in [6.45, 7) is 4.10. The van der Waals surface area contributed by atoms with Gasteiger partial charge in [0.05, 0.1) is 27.0 Å². The van der Waals surface area contributed by atoms with Crippen molar-refractivity contribution in [1.82, 2.24) is 0 Å². The van der Waals surface area contributed by atoms with Crippen LogP contribution in [0.2, 0.25) is 0 Å². The molecule has 0 radical (unpaired) electrons. The number of anilines is 2. The maximum atomic E-state index is 14.1. The van der Waals surface area contributed by atoms with Gasteiger partial charge >= 0.3 is 0 Å². The van der Waals surface area contributed by atoms with Crippen molar-refractivity contribution in [2.75, 3.05) is 37.7 Å². The average Bonchev–Trinajstić information content (AvgIpc) is 2.89. The number of hydrogen-bond donors (Lipinski definition) is 0. The minimum absolute atomic E-state index is 0.130. The number of ether oxygens (including phenoxy) is 3. The molecule has 3 aromatic rings. The summed E-state index contributed by atoms with van der Waals surface area (Å²) in [4.78, 5) is 30.7. The van der Waals surface area contributed by atoms with Crippen LogP contribution in [0, 0.1) is 0 Å². The van der Waals surface area contributed by atoms with E-state index in [4.69, 9.17) is 14.2 Å². The molecular formula is C28H30N2O5. The van der Waals surface area contributed by atoms with Gasteiger partial charge in [-0.25, -0.2) is 0 Å². The lowest BCUT2D eigenvalue weighted by molar-refractivity contribution is -0.128. The molecule has 1 unspecified atom stereocenters. The standard InChI is InChI=1S/C28H30N2O5/c1-18(2)19-6-8-20(9-7-19)27-28(32)29(24-16-23(34-4)14-15-25(24)35-5)17-26(31)30(27)21-10-12-22(33-3)13-11-21/h6-16,18,27H,17H2,1-5H3. The van der Waals surface area contributed by atoms with Crippen molar-refractivity contribution in [1.29, 1.82) is 0 Å². The zero-order valence-electron chi connectivity index (χ0n) is 20.6. The SMILES string of the molecule is COc1ccc(N2C(=O)CN(c3cc(OC)ccc3OC)C(=O)C2c2ccc(C(C)C)cc2)cc1. The molecule has 0 N–H and O–H groups in total. The topological polar surface area (TPSA) is 68.3 Å². The van der Waals surface area contributed by atoms with E-state index in [0.717, 1.165) is 11.1 Å². The highest BCUT2D eigenvalue weighted by molar-refractivity contribution is 6.15. The van der Waals surface area contributed by atoms with Crippen LogP contribution in [-0.2, 0) is 9.59 Å². The first-order valence-electron chi connectivity index (χ1n) is 11.5. The number of piperazine rings is 1. The van der Waals surface area contributed by atoms with Crippen molar-refractivity contribution >= 4 is 23.2 Å². The van der Waals surface area contributed by atoms with Gasteiger partial charge < -0.3 is 14.2 Å². The normalized spacial score (nSPS) is 16.0. The molecule has 182 valence electrons. The van der Waals surface area contributed by atoms with E-state index in [1.165, 1.54) is 12.0 Å². The van der Waals surface area contributed by atoms with Crippen molar-refractivity contribution < 1.29 is 23.8 Å². The highest BCUT2D eigenvalue weighted by atomic mass is 16.5. The molecule has 1 fully saturated rings. The van der Waals surface area contributed by atoms with Crippen molar-refractivity contribution in [3.05, 3.63) is 77.9 Å². The monoisotopic (exact) mass is 474 g/mol. The zero-order chi connectivity index (χ0) is 25.1. The predicted octanol–water partition coefficient (Wildman–Crippen LogP) is 4.96. The number of hydrogen-bond acceptors (Lipinski definition) is 5. The Bertz CT molecular complexity index is 1210. The van der Waals surface area contributed by atoms with Crippen LogP contribution >= 0.6 is 0 Å². The summed E-state index contributed by atoms with van der Waals surface area (Å²) in [5.41, 5.74) is 3.00. The summed E-state index contributed by atoms with van der Waals surface area (Å²) < 4.78 is 16.1. The van der Waals surface area contributed by atoms with E-state index in [2.05, 4.69) is 13.8 Å². The van der Waals surface area contributed by atoms with E-state index in [1.54, 1.807) is 61.6 Å². The van der Waals surface area contributed by atoms with Crippen LogP contribution in [0.1, 0.15) is 36.9 Å². The highest BCUT2D eigenvalue weighted by Gasteiger charge is 2.42. The van der Waals surface area contributed by atoms with E-state index in [1.807, 2.05) is 24.3 Å². The van der Waals surface area contributed by atoms with Gasteiger partial charge in [0.15, 0.2) is 0 Å². The summed E-state index contributed by atoms with van der Waals surface area (Å²) >= 11 is 0. The van der Waals surface area contributed by atoms with Crippen LogP contribution in [-0.4, -0.2) is 39.7 Å². The Morgan fingerprint density at radius 1 is 0.800 bits per heavy atom. The van der Waals surface area contributed by atoms with Gasteiger partial charge in [0.1, 0.15) is 29.8 Å². The van der Waals surface area contributed by atoms with Gasteiger partial charge in [-0.1, -0.05) is 38.1 Å². The van der Waals surface area contributed by atoms with E-state index < -0.39 is 6.04 Å². The lowest BCUT2D eigenvalue weighted by atomic mass is 9.95. The van der Waals surface area contributed by atoms with Gasteiger partial charge in [0.2, 0.25) is 5.91 Å². The van der Waals surface area contributed by atoms with Crippen LogP contribution in [0.3, 0.4) is 0 Å². The van der Waals surface area contributed by atoms with Crippen LogP contribution in [0.4, 0.5) is 11.4 Å². The largest absolute Gasteiger partial charge is 0.497 e. The second kappa shape index (κ2) is 10.1. The first-order valence-corrected chi connectivity index (χ1v) is 11.5. The molecule has 0 bridgehead atoms. The predicted molar refractivity (Wildman–Crippen MR) is 136 cm³/mol. The molecule has 0 aromatic heterocycles. The first kappa shape index (κ1) is 24.1. The Morgan fingerprint density at radius 2 is 1.43 bits per heavy atom. The summed E-state index contributed by atoms with van der Waals surface area (Å²) in [5, 5.41) is 0. The Labute approximate surface area is 205 Å². The number of methoxy groups -OCH3 is 3. The van der Waals surface area contributed by atoms with Crippen LogP contribution in [0.25, 0.3) is 0 Å². The smallest absolute Gasteiger partial charge is 0.255 e. The fourth-order valence-electron chi connectivity index (χ4n) is 4.29. The maximum Gasteiger partial charge on any atom is 0.255 e. The first-order chi connectivity index (χ1) is 16.9. The number of rotatable bonds is 7. The van der Waals surface area contributed by atoms with Crippen LogP contribution in [0.15, 0.2) is 66.7 Å². The fourth-order valence-corrected chi connectivity index (χ4v) is 4.29. The number of carbonyl (C=O) groups excluding carboxylic acids is 2. The van der Waals surface area contributed by atoms with E-state index >= 15 is 0 Å². The minimum atomic E-state index is -0.846. The molecule has 0 saturated carbocycles. The van der Waals surface area contributed by atoms with Crippen molar-refractivity contribution in [3.8, 4) is 17.2 Å². The van der Waals surface area contributed by atoms with Gasteiger partial charge in [-0.2, -0.15) is 0 Å². The van der Waals surface area contributed by atoms with Gasteiger partial charge in [-0.3, -0.25) is 19.4 Å². The highest BCUT2D eigenvalue weighted by Crippen LogP contribution is 2.39. The van der Waals surface area contributed by atoms with Crippen LogP contribution in [0.5, 0.6) is 17.2 Å². The molecular weight excluding hydrogens is 444 g/mol. The van der Waals surface area contributed by atoms with Gasteiger partial charge in [0.25, 0.3) is 5.91 Å². The summed E-state index contributed by atoms with van der Waals surface area (Å²) in [7, 11) is 4.68. The molecule has 1 heterocycles. The molecule has 4 rings (SSSR count). The van der Waals surface area contributed by atoms with Gasteiger partial charge in [-0.05, 0) is 53.4 Å². The third kappa shape index (κ3) is 4.67. The quantitative estimate of drug-likeness (QED) is 0.484. The van der Waals surface area contributed by atoms with Crippen LogP contribution < -0.4 is 24.0 Å². The third-order valence-electron chi connectivity index (χ3n) is 6.27. The minimum Gasteiger partial charge on any atom is -0.497 e. The number of carbonyl (C=O) groups is 2. The number of nitrogens with zero attached hydrogens (tertiary/aromatic N) is 2. The molecule has 1 aliphatic heterocycles. The molecule has 0 aliphatic carbocycles. The molecule has 1 atom stereocenters. The van der Waals surface area contributed by atoms with Crippen molar-refractivity contribution in [3.63, 3.8) is 0 Å². The fraction of sp³-hybridized carbons (Fsp3) is 0.286. The molecule has 1 saturated heterocycles. The van der Waals surface area contributed by atoms with Crippen molar-refractivity contribution in [2.24, 2.45) is 0 Å². The summed E-state index contributed by atoms with van der Waals surface area (Å²) in [6, 6.07) is 19.4. The molecule has 2 amide bonds. The molecule has 35 heavy (non-hydrogen) atoms. The molecule has 3 aromatic carbocycles. The molecule has 0 spiro atoms. The van der Waals surface area contributed by atoms with E-state index in [9.17, 15) is 9.59 Å². The second-order valence-corrected chi connectivity index (χ2v) is 8.65.